The van der Waals surface area contributed by atoms with Gasteiger partial charge in [0.2, 0.25) is 0 Å². The molecule has 0 aliphatic carbocycles. The fourth-order valence-corrected chi connectivity index (χ4v) is 1.99. The number of hydrogen-bond acceptors (Lipinski definition) is 2. The maximum Gasteiger partial charge on any atom is 0.0780 e. The van der Waals surface area contributed by atoms with E-state index in [1.54, 1.807) is 0 Å². The highest BCUT2D eigenvalue weighted by Gasteiger charge is 2.29. The van der Waals surface area contributed by atoms with E-state index in [9.17, 15) is 5.11 Å². The van der Waals surface area contributed by atoms with E-state index in [1.165, 1.54) is 0 Å². The van der Waals surface area contributed by atoms with E-state index < -0.39 is 6.10 Å². The van der Waals surface area contributed by atoms with E-state index in [-0.39, 0.29) is 11.5 Å². The minimum atomic E-state index is -0.560. The Bertz CT molecular complexity index is 510. The monoisotopic (exact) mass is 232 g/mol. The van der Waals surface area contributed by atoms with Gasteiger partial charge in [0, 0.05) is 11.7 Å². The van der Waals surface area contributed by atoms with Crippen LogP contribution in [0.4, 0.5) is 0 Å². The first kappa shape index (κ1) is 12.1. The molecule has 3 heteroatoms. The summed E-state index contributed by atoms with van der Waals surface area (Å²) >= 11 is 0. The van der Waals surface area contributed by atoms with Crippen molar-refractivity contribution in [2.24, 2.45) is 11.1 Å². The Hall–Kier alpha value is -1.32. The molecule has 17 heavy (non-hydrogen) atoms. The Kier molecular flexibility index (Phi) is 2.98. The highest BCUT2D eigenvalue weighted by Crippen LogP contribution is 2.29. The van der Waals surface area contributed by atoms with Crippen LogP contribution in [0, 0.1) is 5.41 Å². The Balaban J connectivity index is 2.32. The zero-order chi connectivity index (χ0) is 12.6. The van der Waals surface area contributed by atoms with Crippen LogP contribution in [0.1, 0.15) is 32.4 Å². The number of nitrogens with one attached hydrogen (secondary N) is 1. The number of H-pyrrole nitrogens is 1. The summed E-state index contributed by atoms with van der Waals surface area (Å²) in [5.74, 6) is 0. The number of aromatic nitrogens is 1. The molecule has 0 saturated heterocycles. The van der Waals surface area contributed by atoms with Crippen LogP contribution in [0.2, 0.25) is 0 Å². The van der Waals surface area contributed by atoms with Gasteiger partial charge in [0.15, 0.2) is 0 Å². The number of nitrogens with two attached hydrogens (primary N) is 1. The average molecular weight is 232 g/mol. The Morgan fingerprint density at radius 2 is 1.94 bits per heavy atom. The van der Waals surface area contributed by atoms with Gasteiger partial charge in [-0.15, -0.1) is 0 Å². The molecule has 4 N–H and O–H groups in total. The van der Waals surface area contributed by atoms with Gasteiger partial charge in [0.05, 0.1) is 12.1 Å². The minimum Gasteiger partial charge on any atom is -0.391 e. The highest BCUT2D eigenvalue weighted by molar-refractivity contribution is 5.80. The van der Waals surface area contributed by atoms with Gasteiger partial charge >= 0.3 is 0 Å². The summed E-state index contributed by atoms with van der Waals surface area (Å²) in [6, 6.07) is 7.68. The largest absolute Gasteiger partial charge is 0.391 e. The Morgan fingerprint density at radius 3 is 2.59 bits per heavy atom. The van der Waals surface area contributed by atoms with Crippen molar-refractivity contribution in [3.05, 3.63) is 36.0 Å². The number of fused-ring (bicyclic) bond motifs is 1. The molecule has 2 aromatic rings. The van der Waals surface area contributed by atoms with Crippen LogP contribution in [-0.4, -0.2) is 16.2 Å². The van der Waals surface area contributed by atoms with Gasteiger partial charge in [0.25, 0.3) is 0 Å². The fourth-order valence-electron chi connectivity index (χ4n) is 1.99. The van der Waals surface area contributed by atoms with Crippen molar-refractivity contribution < 1.29 is 5.11 Å². The molecule has 0 bridgehead atoms. The molecule has 2 atom stereocenters. The van der Waals surface area contributed by atoms with E-state index in [0.717, 1.165) is 16.5 Å². The van der Waals surface area contributed by atoms with Crippen molar-refractivity contribution in [1.82, 2.24) is 4.98 Å². The topological polar surface area (TPSA) is 62.0 Å². The van der Waals surface area contributed by atoms with E-state index in [4.69, 9.17) is 5.73 Å². The van der Waals surface area contributed by atoms with E-state index in [0.29, 0.717) is 0 Å². The summed E-state index contributed by atoms with van der Waals surface area (Å²) in [7, 11) is 0. The van der Waals surface area contributed by atoms with E-state index >= 15 is 0 Å². The molecular formula is C14H20N2O. The van der Waals surface area contributed by atoms with Crippen molar-refractivity contribution in [1.29, 1.82) is 0 Å². The smallest absolute Gasteiger partial charge is 0.0780 e. The third kappa shape index (κ3) is 2.35. The zero-order valence-electron chi connectivity index (χ0n) is 10.6. The molecule has 0 fully saturated rings. The zero-order valence-corrected chi connectivity index (χ0v) is 10.6. The second-order valence-electron chi connectivity index (χ2n) is 5.66. The summed E-state index contributed by atoms with van der Waals surface area (Å²) < 4.78 is 0. The third-order valence-electron chi connectivity index (χ3n) is 3.19. The van der Waals surface area contributed by atoms with Gasteiger partial charge in [-0.2, -0.15) is 0 Å². The van der Waals surface area contributed by atoms with Crippen LogP contribution in [0.25, 0.3) is 10.9 Å². The summed E-state index contributed by atoms with van der Waals surface area (Å²) in [6.07, 6.45) is 1.34. The van der Waals surface area contributed by atoms with Crippen molar-refractivity contribution in [3.8, 4) is 0 Å². The Labute approximate surface area is 102 Å². The molecule has 0 unspecified atom stereocenters. The molecule has 0 aliphatic rings. The first-order valence-corrected chi connectivity index (χ1v) is 5.90. The lowest BCUT2D eigenvalue weighted by Crippen LogP contribution is -2.36. The molecule has 0 amide bonds. The lowest BCUT2D eigenvalue weighted by Gasteiger charge is -2.31. The van der Waals surface area contributed by atoms with Crippen molar-refractivity contribution in [2.75, 3.05) is 0 Å². The average Bonchev–Trinajstić information content (AvgIpc) is 2.72. The predicted octanol–water partition coefficient (Wildman–Crippen LogP) is 2.57. The lowest BCUT2D eigenvalue weighted by molar-refractivity contribution is 0.0401. The van der Waals surface area contributed by atoms with Crippen molar-refractivity contribution in [2.45, 2.75) is 32.9 Å². The molecule has 0 radical (unpaired) electrons. The third-order valence-corrected chi connectivity index (χ3v) is 3.19. The van der Waals surface area contributed by atoms with Crippen LogP contribution < -0.4 is 5.73 Å². The van der Waals surface area contributed by atoms with E-state index in [2.05, 4.69) is 4.98 Å². The number of benzene rings is 1. The van der Waals surface area contributed by atoms with Gasteiger partial charge in [-0.25, -0.2) is 0 Å². The summed E-state index contributed by atoms with van der Waals surface area (Å²) in [6.45, 7) is 5.97. The first-order valence-electron chi connectivity index (χ1n) is 5.90. The van der Waals surface area contributed by atoms with Crippen LogP contribution in [0.3, 0.4) is 0 Å². The first-order chi connectivity index (χ1) is 7.89. The molecule has 92 valence electrons. The van der Waals surface area contributed by atoms with E-state index in [1.807, 2.05) is 51.2 Å². The summed E-state index contributed by atoms with van der Waals surface area (Å²) in [5.41, 5.74) is 7.92. The predicted molar refractivity (Wildman–Crippen MR) is 70.7 cm³/mol. The molecule has 1 aromatic carbocycles. The summed E-state index contributed by atoms with van der Waals surface area (Å²) in [5, 5.41) is 11.4. The fraction of sp³-hybridized carbons (Fsp3) is 0.429. The van der Waals surface area contributed by atoms with Gasteiger partial charge in [-0.3, -0.25) is 0 Å². The highest BCUT2D eigenvalue weighted by atomic mass is 16.3. The van der Waals surface area contributed by atoms with Gasteiger partial charge in [-0.1, -0.05) is 32.9 Å². The minimum absolute atomic E-state index is 0.218. The van der Waals surface area contributed by atoms with Crippen LogP contribution in [-0.2, 0) is 0 Å². The van der Waals surface area contributed by atoms with Gasteiger partial charge < -0.3 is 15.8 Å². The molecular weight excluding hydrogens is 212 g/mol. The second-order valence-corrected chi connectivity index (χ2v) is 5.66. The maximum absolute atomic E-state index is 10.2. The quantitative estimate of drug-likeness (QED) is 0.745. The second kappa shape index (κ2) is 4.17. The maximum atomic E-state index is 10.2. The molecule has 1 aromatic heterocycles. The number of hydrogen-bond donors (Lipinski definition) is 3. The SMILES string of the molecule is CC(C)(C)[C@@H](O)[C@@H](N)c1ccc2cc[nH]c2c1. The molecule has 2 rings (SSSR count). The van der Waals surface area contributed by atoms with Crippen molar-refractivity contribution >= 4 is 10.9 Å². The number of aromatic amines is 1. The molecule has 0 aliphatic heterocycles. The van der Waals surface area contributed by atoms with Crippen LogP contribution >= 0.6 is 0 Å². The standard InChI is InChI=1S/C14H20N2O/c1-14(2,3)13(17)12(15)10-5-4-9-6-7-16-11(9)8-10/h4-8,12-13,16-17H,15H2,1-3H3/t12-,13-/m0/s1. The van der Waals surface area contributed by atoms with Crippen molar-refractivity contribution in [3.63, 3.8) is 0 Å². The molecule has 0 spiro atoms. The lowest BCUT2D eigenvalue weighted by atomic mass is 9.82. The molecule has 1 heterocycles. The number of rotatable bonds is 2. The number of aliphatic hydroxyl groups excluding tert-OH is 1. The van der Waals surface area contributed by atoms with Crippen LogP contribution in [0.15, 0.2) is 30.5 Å². The molecule has 3 nitrogen and oxygen atoms in total. The van der Waals surface area contributed by atoms with Gasteiger partial charge in [0.1, 0.15) is 0 Å². The normalized spacial score (nSPS) is 16.1. The van der Waals surface area contributed by atoms with Crippen LogP contribution in [0.5, 0.6) is 0 Å². The number of aliphatic hydroxyl groups is 1. The molecule has 0 saturated carbocycles. The Morgan fingerprint density at radius 1 is 1.24 bits per heavy atom. The summed E-state index contributed by atoms with van der Waals surface area (Å²) in [4.78, 5) is 3.16. The van der Waals surface area contributed by atoms with Gasteiger partial charge in [-0.05, 0) is 28.5 Å².